The number of halogens is 1. The number of hydrogen-bond acceptors (Lipinski definition) is 5. The summed E-state index contributed by atoms with van der Waals surface area (Å²) < 4.78 is 34.0. The molecule has 1 heterocycles. The topological polar surface area (TPSA) is 69.7 Å². The standard InChI is InChI=1S/C17H13ClO5S/c1-22-15-9-17-16(23-10-24(17,20)21)8-13(15)14(19)6-5-11-3-2-4-12(18)7-11/h2-9H,10H2,1H3. The van der Waals surface area contributed by atoms with Crippen molar-refractivity contribution in [2.24, 2.45) is 0 Å². The van der Waals surface area contributed by atoms with E-state index in [9.17, 15) is 13.2 Å². The summed E-state index contributed by atoms with van der Waals surface area (Å²) in [5.74, 6) is -0.414. The number of hydrogen-bond donors (Lipinski definition) is 0. The number of carbonyl (C=O) groups is 1. The first-order valence-electron chi connectivity index (χ1n) is 6.96. The maximum Gasteiger partial charge on any atom is 0.217 e. The Balaban J connectivity index is 1.96. The molecule has 0 radical (unpaired) electrons. The van der Waals surface area contributed by atoms with Gasteiger partial charge in [0.2, 0.25) is 9.84 Å². The molecule has 2 aromatic carbocycles. The van der Waals surface area contributed by atoms with E-state index in [1.54, 1.807) is 24.3 Å². The minimum Gasteiger partial charge on any atom is -0.496 e. The highest BCUT2D eigenvalue weighted by Gasteiger charge is 2.30. The van der Waals surface area contributed by atoms with Crippen molar-refractivity contribution in [1.82, 2.24) is 0 Å². The lowest BCUT2D eigenvalue weighted by atomic mass is 10.1. The maximum absolute atomic E-state index is 12.4. The molecule has 0 spiro atoms. The molecule has 0 fully saturated rings. The third kappa shape index (κ3) is 3.16. The second-order valence-corrected chi connectivity index (χ2v) is 7.47. The van der Waals surface area contributed by atoms with Crippen LogP contribution in [0.15, 0.2) is 47.4 Å². The fourth-order valence-electron chi connectivity index (χ4n) is 2.34. The first kappa shape index (κ1) is 16.5. The summed E-state index contributed by atoms with van der Waals surface area (Å²) in [7, 11) is -2.11. The van der Waals surface area contributed by atoms with Gasteiger partial charge < -0.3 is 9.47 Å². The third-order valence-electron chi connectivity index (χ3n) is 3.51. The highest BCUT2D eigenvalue weighted by atomic mass is 35.5. The second-order valence-electron chi connectivity index (χ2n) is 5.13. The van der Waals surface area contributed by atoms with Crippen molar-refractivity contribution in [3.8, 4) is 11.5 Å². The molecule has 0 aromatic heterocycles. The van der Waals surface area contributed by atoms with Crippen LogP contribution in [0.2, 0.25) is 5.02 Å². The lowest BCUT2D eigenvalue weighted by Crippen LogP contribution is -2.02. The summed E-state index contributed by atoms with van der Waals surface area (Å²) in [5, 5.41) is 0.568. The molecule has 0 N–H and O–H groups in total. The Morgan fingerprint density at radius 2 is 2.08 bits per heavy atom. The maximum atomic E-state index is 12.4. The van der Waals surface area contributed by atoms with E-state index in [1.807, 2.05) is 6.07 Å². The number of methoxy groups -OCH3 is 1. The number of benzene rings is 2. The zero-order chi connectivity index (χ0) is 17.3. The smallest absolute Gasteiger partial charge is 0.217 e. The Morgan fingerprint density at radius 3 is 2.79 bits per heavy atom. The number of carbonyl (C=O) groups excluding carboxylic acids is 1. The van der Waals surface area contributed by atoms with E-state index in [1.165, 1.54) is 25.3 Å². The number of rotatable bonds is 4. The summed E-state index contributed by atoms with van der Waals surface area (Å²) in [6, 6.07) is 9.76. The minimum absolute atomic E-state index is 0.0368. The van der Waals surface area contributed by atoms with E-state index < -0.39 is 15.8 Å². The van der Waals surface area contributed by atoms with Gasteiger partial charge in [-0.3, -0.25) is 4.79 Å². The van der Waals surface area contributed by atoms with Gasteiger partial charge in [0.25, 0.3) is 0 Å². The Bertz CT molecular complexity index is 947. The number of allylic oxidation sites excluding steroid dienone is 1. The van der Waals surface area contributed by atoms with E-state index in [2.05, 4.69) is 0 Å². The largest absolute Gasteiger partial charge is 0.496 e. The van der Waals surface area contributed by atoms with E-state index in [0.29, 0.717) is 5.02 Å². The summed E-state index contributed by atoms with van der Waals surface area (Å²) in [4.78, 5) is 12.5. The average molecular weight is 365 g/mol. The van der Waals surface area contributed by atoms with Crippen molar-refractivity contribution in [3.05, 3.63) is 58.6 Å². The lowest BCUT2D eigenvalue weighted by molar-refractivity contribution is 0.104. The molecule has 0 bridgehead atoms. The fourth-order valence-corrected chi connectivity index (χ4v) is 3.65. The molecule has 5 nitrogen and oxygen atoms in total. The number of ketones is 1. The molecule has 0 atom stereocenters. The molecule has 7 heteroatoms. The van der Waals surface area contributed by atoms with Crippen LogP contribution in [0, 0.1) is 0 Å². The predicted molar refractivity (Wildman–Crippen MR) is 90.5 cm³/mol. The monoisotopic (exact) mass is 364 g/mol. The van der Waals surface area contributed by atoms with Crippen molar-refractivity contribution >= 4 is 33.3 Å². The highest BCUT2D eigenvalue weighted by molar-refractivity contribution is 7.91. The Labute approximate surface area is 144 Å². The number of fused-ring (bicyclic) bond motifs is 1. The molecule has 1 aliphatic rings. The summed E-state index contributed by atoms with van der Waals surface area (Å²) in [5.41, 5.74) is 1.00. The van der Waals surface area contributed by atoms with Crippen molar-refractivity contribution in [2.45, 2.75) is 4.90 Å². The van der Waals surface area contributed by atoms with Crippen LogP contribution < -0.4 is 9.47 Å². The van der Waals surface area contributed by atoms with Gasteiger partial charge in [0.15, 0.2) is 11.7 Å². The quantitative estimate of drug-likeness (QED) is 0.614. The van der Waals surface area contributed by atoms with Crippen molar-refractivity contribution in [1.29, 1.82) is 0 Å². The first-order valence-corrected chi connectivity index (χ1v) is 8.99. The van der Waals surface area contributed by atoms with Crippen LogP contribution in [0.4, 0.5) is 0 Å². The van der Waals surface area contributed by atoms with Crippen molar-refractivity contribution in [2.75, 3.05) is 13.0 Å². The Morgan fingerprint density at radius 1 is 1.29 bits per heavy atom. The van der Waals surface area contributed by atoms with Gasteiger partial charge in [0, 0.05) is 11.1 Å². The molecule has 0 unspecified atom stereocenters. The van der Waals surface area contributed by atoms with Crippen LogP contribution in [0.25, 0.3) is 6.08 Å². The summed E-state index contributed by atoms with van der Waals surface area (Å²) >= 11 is 5.90. The molecule has 24 heavy (non-hydrogen) atoms. The zero-order valence-electron chi connectivity index (χ0n) is 12.7. The molecule has 0 aliphatic carbocycles. The van der Waals surface area contributed by atoms with Crippen LogP contribution >= 0.6 is 11.6 Å². The van der Waals surface area contributed by atoms with Crippen molar-refractivity contribution in [3.63, 3.8) is 0 Å². The molecular weight excluding hydrogens is 352 g/mol. The van der Waals surface area contributed by atoms with Gasteiger partial charge in [0.05, 0.1) is 12.7 Å². The Hall–Kier alpha value is -2.31. The van der Waals surface area contributed by atoms with Crippen LogP contribution in [-0.2, 0) is 9.84 Å². The molecule has 2 aromatic rings. The molecule has 0 saturated carbocycles. The van der Waals surface area contributed by atoms with Gasteiger partial charge in [-0.05, 0) is 29.8 Å². The molecular formula is C17H13ClO5S. The SMILES string of the molecule is COc1cc2c(cc1C(=O)C=Cc1cccc(Cl)c1)OCS2(=O)=O. The summed E-state index contributed by atoms with van der Waals surface area (Å²) in [6.07, 6.45) is 3.00. The normalized spacial score (nSPS) is 15.1. The second kappa shape index (κ2) is 6.30. The fraction of sp³-hybridized carbons (Fsp3) is 0.118. The van der Waals surface area contributed by atoms with Crippen LogP contribution in [0.3, 0.4) is 0 Å². The summed E-state index contributed by atoms with van der Waals surface area (Å²) in [6.45, 7) is 0. The minimum atomic E-state index is -3.49. The third-order valence-corrected chi connectivity index (χ3v) is 5.16. The van der Waals surface area contributed by atoms with Crippen LogP contribution in [-0.4, -0.2) is 27.2 Å². The molecule has 0 amide bonds. The highest BCUT2D eigenvalue weighted by Crippen LogP contribution is 2.37. The van der Waals surface area contributed by atoms with Gasteiger partial charge >= 0.3 is 0 Å². The van der Waals surface area contributed by atoms with Gasteiger partial charge in [-0.2, -0.15) is 0 Å². The van der Waals surface area contributed by atoms with E-state index >= 15 is 0 Å². The van der Waals surface area contributed by atoms with Gasteiger partial charge in [0.1, 0.15) is 16.4 Å². The molecule has 0 saturated heterocycles. The van der Waals surface area contributed by atoms with Crippen LogP contribution in [0.5, 0.6) is 11.5 Å². The molecule has 1 aliphatic heterocycles. The number of ether oxygens (including phenoxy) is 2. The molecule has 124 valence electrons. The van der Waals surface area contributed by atoms with Crippen molar-refractivity contribution < 1.29 is 22.7 Å². The zero-order valence-corrected chi connectivity index (χ0v) is 14.2. The van der Waals surface area contributed by atoms with Gasteiger partial charge in [-0.15, -0.1) is 0 Å². The predicted octanol–water partition coefficient (Wildman–Crippen LogP) is 3.37. The Kier molecular flexibility index (Phi) is 4.34. The van der Waals surface area contributed by atoms with E-state index in [-0.39, 0.29) is 27.7 Å². The van der Waals surface area contributed by atoms with Gasteiger partial charge in [-0.25, -0.2) is 8.42 Å². The van der Waals surface area contributed by atoms with E-state index in [4.69, 9.17) is 21.1 Å². The van der Waals surface area contributed by atoms with Gasteiger partial charge in [-0.1, -0.05) is 29.8 Å². The van der Waals surface area contributed by atoms with Crippen LogP contribution in [0.1, 0.15) is 15.9 Å². The molecule has 3 rings (SSSR count). The lowest BCUT2D eigenvalue weighted by Gasteiger charge is -2.07. The number of sulfone groups is 1. The average Bonchev–Trinajstić information content (AvgIpc) is 2.86. The first-order chi connectivity index (χ1) is 11.4. The van der Waals surface area contributed by atoms with E-state index in [0.717, 1.165) is 5.56 Å².